The highest BCUT2D eigenvalue weighted by Gasteiger charge is 2.49. The Morgan fingerprint density at radius 3 is 1.85 bits per heavy atom. The lowest BCUT2D eigenvalue weighted by Crippen LogP contribution is -2.41. The molecule has 3 unspecified atom stereocenters. The van der Waals surface area contributed by atoms with Crippen LogP contribution >= 0.6 is 27.2 Å². The summed E-state index contributed by atoms with van der Waals surface area (Å²) in [4.78, 5) is 72.7. The number of hydrogen-bond acceptors (Lipinski definition) is 11. The van der Waals surface area contributed by atoms with Gasteiger partial charge in [-0.1, -0.05) is 20.8 Å². The van der Waals surface area contributed by atoms with Gasteiger partial charge in [0.25, 0.3) is 11.8 Å². The maximum absolute atomic E-state index is 13.5. The summed E-state index contributed by atoms with van der Waals surface area (Å²) >= 11 is 1.25. The molecule has 0 aromatic carbocycles. The van der Waals surface area contributed by atoms with Gasteiger partial charge in [0.2, 0.25) is 11.8 Å². The van der Waals surface area contributed by atoms with Crippen molar-refractivity contribution in [3.63, 3.8) is 0 Å². The van der Waals surface area contributed by atoms with Crippen molar-refractivity contribution in [2.24, 2.45) is 0 Å². The molecular formula is C30H52N2O12P2S. The van der Waals surface area contributed by atoms with E-state index in [9.17, 15) is 38.1 Å². The highest BCUT2D eigenvalue weighted by atomic mass is 32.2. The van der Waals surface area contributed by atoms with Gasteiger partial charge in [0.15, 0.2) is 5.34 Å². The van der Waals surface area contributed by atoms with Crippen molar-refractivity contribution in [1.82, 2.24) is 9.80 Å². The molecule has 14 nitrogen and oxygen atoms in total. The Bertz CT molecular complexity index is 1330. The Labute approximate surface area is 282 Å². The Morgan fingerprint density at radius 2 is 1.32 bits per heavy atom. The standard InChI is InChI=1S/C30H52N2O12P2S/c1-12-26(2,3)43-46(39,40)44-27(4,5)15-18-41-30(10,11)45(37,38)42-28(6,7)20-29(8,9)47-21-19-24(35)32(25(21)36)17-16-31-22(33)13-14-23(31)34/h13-14,21H,12,15-20H2,1-11H3,(H,37,38)(H,39,40). The normalized spacial score (nSPS) is 21.2. The number of thioether (sulfide) groups is 1. The molecule has 0 bridgehead atoms. The predicted molar refractivity (Wildman–Crippen MR) is 177 cm³/mol. The third-order valence-electron chi connectivity index (χ3n) is 7.75. The largest absolute Gasteiger partial charge is 0.473 e. The average Bonchev–Trinajstić information content (AvgIpc) is 3.30. The first-order valence-corrected chi connectivity index (χ1v) is 19.5. The number of nitrogens with zero attached hydrogens (tertiary/aromatic N) is 2. The minimum absolute atomic E-state index is 0.0536. The van der Waals surface area contributed by atoms with Crippen LogP contribution in [0.2, 0.25) is 0 Å². The van der Waals surface area contributed by atoms with E-state index in [4.69, 9.17) is 18.3 Å². The Hall–Kier alpha value is -1.41. The topological polar surface area (TPSA) is 186 Å². The summed E-state index contributed by atoms with van der Waals surface area (Å²) in [6.45, 7) is 17.8. The van der Waals surface area contributed by atoms with E-state index < -0.39 is 71.2 Å². The molecule has 47 heavy (non-hydrogen) atoms. The molecule has 0 aromatic rings. The molecule has 2 aliphatic heterocycles. The Kier molecular flexibility index (Phi) is 13.2. The summed E-state index contributed by atoms with van der Waals surface area (Å²) < 4.78 is 47.6. The molecule has 1 fully saturated rings. The van der Waals surface area contributed by atoms with Crippen LogP contribution in [0.25, 0.3) is 0 Å². The minimum atomic E-state index is -4.45. The lowest BCUT2D eigenvalue weighted by molar-refractivity contribution is -0.142. The maximum atomic E-state index is 13.5. The van der Waals surface area contributed by atoms with Gasteiger partial charge >= 0.3 is 15.4 Å². The molecule has 1 saturated heterocycles. The number of hydrogen-bond donors (Lipinski definition) is 2. The van der Waals surface area contributed by atoms with Crippen molar-refractivity contribution in [1.29, 1.82) is 0 Å². The highest BCUT2D eigenvalue weighted by molar-refractivity contribution is 8.02. The van der Waals surface area contributed by atoms with Crippen LogP contribution < -0.4 is 0 Å². The van der Waals surface area contributed by atoms with Gasteiger partial charge in [-0.05, 0) is 74.7 Å². The zero-order valence-corrected chi connectivity index (χ0v) is 32.0. The Morgan fingerprint density at radius 1 is 0.809 bits per heavy atom. The monoisotopic (exact) mass is 726 g/mol. The Balaban J connectivity index is 1.96. The van der Waals surface area contributed by atoms with E-state index in [1.807, 2.05) is 20.8 Å². The first kappa shape index (κ1) is 41.8. The van der Waals surface area contributed by atoms with Gasteiger partial charge in [-0.25, -0.2) is 4.57 Å². The van der Waals surface area contributed by atoms with Crippen LogP contribution in [0.15, 0.2) is 12.2 Å². The molecular weight excluding hydrogens is 674 g/mol. The molecule has 0 aromatic heterocycles. The zero-order valence-electron chi connectivity index (χ0n) is 29.4. The number of likely N-dealkylation sites (tertiary alicyclic amines) is 1. The van der Waals surface area contributed by atoms with E-state index in [0.29, 0.717) is 6.42 Å². The minimum Gasteiger partial charge on any atom is -0.363 e. The number of ether oxygens (including phenoxy) is 1. The van der Waals surface area contributed by atoms with E-state index >= 15 is 0 Å². The van der Waals surface area contributed by atoms with Crippen molar-refractivity contribution >= 4 is 50.8 Å². The molecule has 4 amide bonds. The lowest BCUT2D eigenvalue weighted by atomic mass is 9.96. The van der Waals surface area contributed by atoms with Gasteiger partial charge in [0, 0.05) is 36.4 Å². The summed E-state index contributed by atoms with van der Waals surface area (Å²) in [7, 11) is -8.86. The average molecular weight is 727 g/mol. The van der Waals surface area contributed by atoms with Crippen LogP contribution in [0.4, 0.5) is 0 Å². The van der Waals surface area contributed by atoms with Crippen LogP contribution in [0, 0.1) is 0 Å². The molecule has 270 valence electrons. The van der Waals surface area contributed by atoms with Crippen LogP contribution in [0.5, 0.6) is 0 Å². The van der Waals surface area contributed by atoms with E-state index in [1.165, 1.54) is 25.6 Å². The van der Waals surface area contributed by atoms with Crippen molar-refractivity contribution < 1.29 is 56.4 Å². The van der Waals surface area contributed by atoms with Crippen molar-refractivity contribution in [3.05, 3.63) is 12.2 Å². The van der Waals surface area contributed by atoms with Crippen LogP contribution in [0.1, 0.15) is 102 Å². The molecule has 3 atom stereocenters. The third-order valence-corrected chi connectivity index (χ3v) is 12.9. The molecule has 2 rings (SSSR count). The summed E-state index contributed by atoms with van der Waals surface area (Å²) in [5, 5.41) is -2.38. The second-order valence-electron chi connectivity index (χ2n) is 14.7. The van der Waals surface area contributed by atoms with E-state index in [-0.39, 0.29) is 39.0 Å². The second kappa shape index (κ2) is 14.8. The summed E-state index contributed by atoms with van der Waals surface area (Å²) in [5.41, 5.74) is -3.22. The fraction of sp³-hybridized carbons (Fsp3) is 0.800. The van der Waals surface area contributed by atoms with Gasteiger partial charge in [-0.3, -0.25) is 42.6 Å². The molecule has 2 N–H and O–H groups in total. The van der Waals surface area contributed by atoms with E-state index in [0.717, 1.165) is 22.0 Å². The fourth-order valence-electron chi connectivity index (χ4n) is 5.14. The smallest absolute Gasteiger partial charge is 0.363 e. The molecule has 2 heterocycles. The molecule has 2 aliphatic rings. The number of amides is 4. The lowest BCUT2D eigenvalue weighted by Gasteiger charge is -2.40. The van der Waals surface area contributed by atoms with Gasteiger partial charge in [0.05, 0.1) is 28.7 Å². The number of phosphoric ester groups is 1. The molecule has 0 saturated carbocycles. The maximum Gasteiger partial charge on any atom is 0.473 e. The number of rotatable bonds is 19. The molecule has 0 aliphatic carbocycles. The number of imide groups is 2. The summed E-state index contributed by atoms with van der Waals surface area (Å²) in [5.74, 6) is -1.82. The fourth-order valence-corrected chi connectivity index (χ4v) is 9.51. The second-order valence-corrected chi connectivity index (χ2v) is 20.2. The van der Waals surface area contributed by atoms with Crippen molar-refractivity contribution in [2.75, 3.05) is 19.7 Å². The third kappa shape index (κ3) is 12.2. The van der Waals surface area contributed by atoms with Crippen LogP contribution in [-0.2, 0) is 46.6 Å². The van der Waals surface area contributed by atoms with Gasteiger partial charge in [-0.2, -0.15) is 0 Å². The van der Waals surface area contributed by atoms with E-state index in [2.05, 4.69) is 0 Å². The van der Waals surface area contributed by atoms with Gasteiger partial charge in [0.1, 0.15) is 0 Å². The van der Waals surface area contributed by atoms with E-state index in [1.54, 1.807) is 41.5 Å². The highest BCUT2D eigenvalue weighted by Crippen LogP contribution is 2.59. The first-order valence-electron chi connectivity index (χ1n) is 15.5. The van der Waals surface area contributed by atoms with Crippen molar-refractivity contribution in [3.8, 4) is 0 Å². The first-order chi connectivity index (χ1) is 21.0. The number of carbonyl (C=O) groups excluding carboxylic acids is 4. The van der Waals surface area contributed by atoms with Crippen LogP contribution in [0.3, 0.4) is 0 Å². The molecule has 17 heteroatoms. The summed E-state index contributed by atoms with van der Waals surface area (Å²) in [6, 6.07) is 0. The number of phosphoric acid groups is 1. The van der Waals surface area contributed by atoms with Gasteiger partial charge in [-0.15, -0.1) is 11.8 Å². The van der Waals surface area contributed by atoms with Gasteiger partial charge < -0.3 is 19.0 Å². The number of carbonyl (C=O) groups is 4. The van der Waals surface area contributed by atoms with Crippen LogP contribution in [-0.4, -0.2) is 95.1 Å². The zero-order chi connectivity index (χ0) is 36.4. The van der Waals surface area contributed by atoms with Crippen molar-refractivity contribution in [2.45, 2.75) is 134 Å². The SMILES string of the molecule is CCC(C)(C)OP(=O)(O)OC(C)(C)CCOC(C)(C)P(=O)(O)OC(C)(C)CC(C)(C)SC1CC(=O)N(CCN2C(=O)C=CC2=O)C1=O. The predicted octanol–water partition coefficient (Wildman–Crippen LogP) is 5.17. The molecule has 0 spiro atoms. The summed E-state index contributed by atoms with van der Waals surface area (Å²) in [6.07, 6.45) is 3.02. The quantitative estimate of drug-likeness (QED) is 0.131. The molecule has 0 radical (unpaired) electrons.